The fraction of sp³-hybridized carbons (Fsp3) is 0.778. The Balaban J connectivity index is 4.74. The van der Waals surface area contributed by atoms with Gasteiger partial charge >= 0.3 is 12.1 Å². The molecule has 0 bridgehead atoms. The minimum absolute atomic E-state index is 0.170. The number of carbonyl (C=O) groups excluding carboxylic acids is 1. The molecule has 0 rings (SSSR count). The van der Waals surface area contributed by atoms with Crippen molar-refractivity contribution in [2.75, 3.05) is 13.7 Å². The van der Waals surface area contributed by atoms with Gasteiger partial charge in [0.25, 0.3) is 0 Å². The molecule has 0 saturated heterocycles. The molecule has 0 saturated carbocycles. The lowest BCUT2D eigenvalue weighted by atomic mass is 10.1. The summed E-state index contributed by atoms with van der Waals surface area (Å²) in [6.07, 6.45) is -0.791. The third kappa shape index (κ3) is 3.75. The number of ether oxygens (including phenoxy) is 1. The molecule has 1 atom stereocenters. The SMILES string of the molecule is CCOC(=O)N(OC)C(C(=O)O)C(C)C. The van der Waals surface area contributed by atoms with Crippen molar-refractivity contribution in [3.8, 4) is 0 Å². The van der Waals surface area contributed by atoms with E-state index in [0.717, 1.165) is 5.06 Å². The Labute approximate surface area is 88.7 Å². The molecule has 88 valence electrons. The van der Waals surface area contributed by atoms with Crippen LogP contribution in [0.3, 0.4) is 0 Å². The number of carboxylic acids is 1. The van der Waals surface area contributed by atoms with E-state index in [0.29, 0.717) is 0 Å². The highest BCUT2D eigenvalue weighted by atomic mass is 16.7. The van der Waals surface area contributed by atoms with Crippen LogP contribution in [-0.2, 0) is 14.4 Å². The second-order valence-corrected chi connectivity index (χ2v) is 3.23. The molecule has 15 heavy (non-hydrogen) atoms. The zero-order valence-corrected chi connectivity index (χ0v) is 9.39. The smallest absolute Gasteiger partial charge is 0.434 e. The van der Waals surface area contributed by atoms with Crippen molar-refractivity contribution in [1.82, 2.24) is 5.06 Å². The largest absolute Gasteiger partial charge is 0.480 e. The van der Waals surface area contributed by atoms with E-state index >= 15 is 0 Å². The number of amides is 1. The van der Waals surface area contributed by atoms with E-state index in [1.807, 2.05) is 0 Å². The van der Waals surface area contributed by atoms with Crippen LogP contribution in [0.5, 0.6) is 0 Å². The number of rotatable bonds is 5. The molecule has 6 nitrogen and oxygen atoms in total. The predicted octanol–water partition coefficient (Wildman–Crippen LogP) is 1.12. The molecule has 1 N–H and O–H groups in total. The highest BCUT2D eigenvalue weighted by molar-refractivity contribution is 5.79. The van der Waals surface area contributed by atoms with Crippen LogP contribution >= 0.6 is 0 Å². The Morgan fingerprint density at radius 3 is 2.20 bits per heavy atom. The lowest BCUT2D eigenvalue weighted by molar-refractivity contribution is -0.176. The van der Waals surface area contributed by atoms with Gasteiger partial charge in [0.1, 0.15) is 0 Å². The maximum absolute atomic E-state index is 11.3. The van der Waals surface area contributed by atoms with Crippen LogP contribution in [0, 0.1) is 5.92 Å². The molecule has 0 spiro atoms. The maximum Gasteiger partial charge on any atom is 0.434 e. The predicted molar refractivity (Wildman–Crippen MR) is 52.1 cm³/mol. The maximum atomic E-state index is 11.3. The minimum Gasteiger partial charge on any atom is -0.480 e. The Bertz CT molecular complexity index is 229. The van der Waals surface area contributed by atoms with Gasteiger partial charge < -0.3 is 9.84 Å². The molecule has 0 heterocycles. The number of nitrogens with zero attached hydrogens (tertiary/aromatic N) is 1. The van der Waals surface area contributed by atoms with Gasteiger partial charge in [-0.2, -0.15) is 5.06 Å². The van der Waals surface area contributed by atoms with Crippen LogP contribution in [0.15, 0.2) is 0 Å². The van der Waals surface area contributed by atoms with Gasteiger partial charge in [-0.05, 0) is 12.8 Å². The van der Waals surface area contributed by atoms with E-state index in [-0.39, 0.29) is 12.5 Å². The summed E-state index contributed by atoms with van der Waals surface area (Å²) in [6.45, 7) is 5.17. The van der Waals surface area contributed by atoms with Crippen LogP contribution in [0.4, 0.5) is 4.79 Å². The number of aliphatic carboxylic acids is 1. The van der Waals surface area contributed by atoms with Gasteiger partial charge in [0.15, 0.2) is 6.04 Å². The summed E-state index contributed by atoms with van der Waals surface area (Å²) in [4.78, 5) is 27.0. The quantitative estimate of drug-likeness (QED) is 0.701. The summed E-state index contributed by atoms with van der Waals surface area (Å²) < 4.78 is 4.67. The van der Waals surface area contributed by atoms with Crippen molar-refractivity contribution < 1.29 is 24.3 Å². The van der Waals surface area contributed by atoms with Crippen molar-refractivity contribution >= 4 is 12.1 Å². The van der Waals surface area contributed by atoms with E-state index in [2.05, 4.69) is 4.74 Å². The van der Waals surface area contributed by atoms with Crippen molar-refractivity contribution in [3.05, 3.63) is 0 Å². The zero-order valence-electron chi connectivity index (χ0n) is 9.39. The van der Waals surface area contributed by atoms with Crippen LogP contribution < -0.4 is 0 Å². The third-order valence-electron chi connectivity index (χ3n) is 1.78. The summed E-state index contributed by atoms with van der Waals surface area (Å²) in [5, 5.41) is 9.67. The lowest BCUT2D eigenvalue weighted by Gasteiger charge is -2.27. The van der Waals surface area contributed by atoms with Gasteiger partial charge in [-0.25, -0.2) is 9.59 Å². The standard InChI is InChI=1S/C9H17NO5/c1-5-15-9(13)10(14-4)7(6(2)3)8(11)12/h6-7H,5H2,1-4H3,(H,11,12). The molecule has 0 aliphatic carbocycles. The molecule has 0 aromatic carbocycles. The molecule has 6 heteroatoms. The minimum atomic E-state index is -1.13. The van der Waals surface area contributed by atoms with Crippen molar-refractivity contribution in [3.63, 3.8) is 0 Å². The van der Waals surface area contributed by atoms with Crippen molar-refractivity contribution in [2.45, 2.75) is 26.8 Å². The van der Waals surface area contributed by atoms with Gasteiger partial charge in [0, 0.05) is 0 Å². The number of carboxylic acid groups (broad SMARTS) is 1. The molecule has 1 unspecified atom stereocenters. The van der Waals surface area contributed by atoms with E-state index in [4.69, 9.17) is 9.94 Å². The van der Waals surface area contributed by atoms with Crippen LogP contribution in [0.25, 0.3) is 0 Å². The lowest BCUT2D eigenvalue weighted by Crippen LogP contribution is -2.47. The van der Waals surface area contributed by atoms with Gasteiger partial charge in [-0.15, -0.1) is 0 Å². The molecule has 0 aromatic rings. The van der Waals surface area contributed by atoms with Crippen LogP contribution in [0.1, 0.15) is 20.8 Å². The Morgan fingerprint density at radius 1 is 1.40 bits per heavy atom. The van der Waals surface area contributed by atoms with Gasteiger partial charge in [0.2, 0.25) is 0 Å². The highest BCUT2D eigenvalue weighted by Gasteiger charge is 2.33. The molecular weight excluding hydrogens is 202 g/mol. The number of hydrogen-bond acceptors (Lipinski definition) is 4. The normalized spacial score (nSPS) is 12.3. The molecule has 1 amide bonds. The van der Waals surface area contributed by atoms with Gasteiger partial charge in [-0.3, -0.25) is 4.84 Å². The number of hydroxylamine groups is 2. The van der Waals surface area contributed by atoms with E-state index in [1.165, 1.54) is 7.11 Å². The first-order valence-corrected chi connectivity index (χ1v) is 4.68. The second kappa shape index (κ2) is 6.23. The topological polar surface area (TPSA) is 76.1 Å². The van der Waals surface area contributed by atoms with Crippen LogP contribution in [0.2, 0.25) is 0 Å². The summed E-state index contributed by atoms with van der Waals surface area (Å²) in [7, 11) is 1.23. The first-order chi connectivity index (χ1) is 6.95. The summed E-state index contributed by atoms with van der Waals surface area (Å²) >= 11 is 0. The van der Waals surface area contributed by atoms with Crippen LogP contribution in [-0.4, -0.2) is 42.0 Å². The van der Waals surface area contributed by atoms with Gasteiger partial charge in [-0.1, -0.05) is 13.8 Å². The summed E-state index contributed by atoms with van der Waals surface area (Å²) in [5.41, 5.74) is 0. The first kappa shape index (κ1) is 13.7. The highest BCUT2D eigenvalue weighted by Crippen LogP contribution is 2.12. The summed E-state index contributed by atoms with van der Waals surface area (Å²) in [6, 6.07) is -1.05. The average molecular weight is 219 g/mol. The molecule has 0 aliphatic rings. The zero-order chi connectivity index (χ0) is 12.0. The van der Waals surface area contributed by atoms with Crippen molar-refractivity contribution in [1.29, 1.82) is 0 Å². The van der Waals surface area contributed by atoms with Gasteiger partial charge in [0.05, 0.1) is 13.7 Å². The molecule has 0 aliphatic heterocycles. The second-order valence-electron chi connectivity index (χ2n) is 3.23. The first-order valence-electron chi connectivity index (χ1n) is 4.68. The summed E-state index contributed by atoms with van der Waals surface area (Å²) in [5.74, 6) is -1.40. The Morgan fingerprint density at radius 2 is 1.93 bits per heavy atom. The average Bonchev–Trinajstić information content (AvgIpc) is 2.12. The molecule has 0 radical (unpaired) electrons. The molecule has 0 aromatic heterocycles. The van der Waals surface area contributed by atoms with E-state index in [9.17, 15) is 9.59 Å². The van der Waals surface area contributed by atoms with E-state index < -0.39 is 18.1 Å². The monoisotopic (exact) mass is 219 g/mol. The Kier molecular flexibility index (Phi) is 5.69. The fourth-order valence-electron chi connectivity index (χ4n) is 1.15. The number of carbonyl (C=O) groups is 2. The fourth-order valence-corrected chi connectivity index (χ4v) is 1.15. The third-order valence-corrected chi connectivity index (χ3v) is 1.78. The number of hydrogen-bond donors (Lipinski definition) is 1. The molecule has 0 fully saturated rings. The molecular formula is C9H17NO5. The van der Waals surface area contributed by atoms with E-state index in [1.54, 1.807) is 20.8 Å². The van der Waals surface area contributed by atoms with Crippen molar-refractivity contribution in [2.24, 2.45) is 5.92 Å². The Hall–Kier alpha value is -1.30.